The van der Waals surface area contributed by atoms with Crippen molar-refractivity contribution in [2.75, 3.05) is 0 Å². The molecule has 1 heteroatoms. The number of aryl methyl sites for hydroxylation is 1. The zero-order chi connectivity index (χ0) is 9.97. The summed E-state index contributed by atoms with van der Waals surface area (Å²) < 4.78 is 0. The molecule has 0 radical (unpaired) electrons. The zero-order valence-electron chi connectivity index (χ0n) is 9.09. The number of rotatable bonds is 2. The Balaban J connectivity index is 2.06. The minimum Gasteiger partial charge on any atom is -0.307 e. The van der Waals surface area contributed by atoms with Gasteiger partial charge >= 0.3 is 0 Å². The van der Waals surface area contributed by atoms with E-state index < -0.39 is 0 Å². The van der Waals surface area contributed by atoms with Crippen LogP contribution in [0.15, 0.2) is 24.3 Å². The second-order valence-corrected chi connectivity index (χ2v) is 4.31. The van der Waals surface area contributed by atoms with Crippen LogP contribution in [0.3, 0.4) is 0 Å². The highest BCUT2D eigenvalue weighted by molar-refractivity contribution is 5.24. The highest BCUT2D eigenvalue weighted by Gasteiger charge is 2.22. The Morgan fingerprint density at radius 3 is 2.50 bits per heavy atom. The van der Waals surface area contributed by atoms with Gasteiger partial charge in [0, 0.05) is 12.1 Å². The van der Waals surface area contributed by atoms with Gasteiger partial charge in [0.05, 0.1) is 0 Å². The molecule has 1 heterocycles. The summed E-state index contributed by atoms with van der Waals surface area (Å²) in [4.78, 5) is 0. The molecule has 0 aromatic heterocycles. The van der Waals surface area contributed by atoms with Gasteiger partial charge in [-0.05, 0) is 31.7 Å². The molecule has 1 N–H and O–H groups in total. The first-order chi connectivity index (χ1) is 6.79. The maximum atomic E-state index is 3.68. The number of nitrogens with one attached hydrogen (secondary N) is 1. The molecular formula is C13H19N. The summed E-state index contributed by atoms with van der Waals surface area (Å²) in [7, 11) is 0. The van der Waals surface area contributed by atoms with Gasteiger partial charge < -0.3 is 5.32 Å². The Bertz CT molecular complexity index is 289. The minimum atomic E-state index is 0.598. The molecule has 0 unspecified atom stereocenters. The SMILES string of the molecule is CC[C@H]1CC[C@@H](c2ccc(C)cc2)N1. The van der Waals surface area contributed by atoms with Crippen LogP contribution in [0.1, 0.15) is 43.4 Å². The lowest BCUT2D eigenvalue weighted by molar-refractivity contribution is 0.540. The van der Waals surface area contributed by atoms with Gasteiger partial charge in [-0.2, -0.15) is 0 Å². The molecule has 1 fully saturated rings. The van der Waals surface area contributed by atoms with Crippen LogP contribution in [0.4, 0.5) is 0 Å². The molecule has 1 aromatic rings. The fourth-order valence-electron chi connectivity index (χ4n) is 2.20. The normalized spacial score (nSPS) is 26.7. The Kier molecular flexibility index (Phi) is 2.87. The van der Waals surface area contributed by atoms with Crippen molar-refractivity contribution in [1.29, 1.82) is 0 Å². The van der Waals surface area contributed by atoms with Gasteiger partial charge in [-0.25, -0.2) is 0 Å². The fourth-order valence-corrected chi connectivity index (χ4v) is 2.20. The second kappa shape index (κ2) is 4.14. The predicted octanol–water partition coefficient (Wildman–Crippen LogP) is 3.20. The first kappa shape index (κ1) is 9.72. The molecule has 2 atom stereocenters. The molecule has 1 nitrogen and oxygen atoms in total. The number of hydrogen-bond acceptors (Lipinski definition) is 1. The molecule has 14 heavy (non-hydrogen) atoms. The van der Waals surface area contributed by atoms with Gasteiger partial charge in [0.25, 0.3) is 0 Å². The molecule has 1 aliphatic heterocycles. The van der Waals surface area contributed by atoms with Crippen LogP contribution in [-0.4, -0.2) is 6.04 Å². The standard InChI is InChI=1S/C13H19N/c1-3-12-8-9-13(14-12)11-6-4-10(2)5-7-11/h4-7,12-14H,3,8-9H2,1-2H3/t12-,13-/m0/s1. The van der Waals surface area contributed by atoms with E-state index in [0.717, 1.165) is 6.04 Å². The van der Waals surface area contributed by atoms with Crippen molar-refractivity contribution in [2.24, 2.45) is 0 Å². The van der Waals surface area contributed by atoms with Gasteiger partial charge in [-0.15, -0.1) is 0 Å². The van der Waals surface area contributed by atoms with E-state index in [0.29, 0.717) is 6.04 Å². The van der Waals surface area contributed by atoms with E-state index in [-0.39, 0.29) is 0 Å². The van der Waals surface area contributed by atoms with Crippen LogP contribution in [0.2, 0.25) is 0 Å². The second-order valence-electron chi connectivity index (χ2n) is 4.31. The first-order valence-corrected chi connectivity index (χ1v) is 5.62. The van der Waals surface area contributed by atoms with Crippen molar-refractivity contribution >= 4 is 0 Å². The van der Waals surface area contributed by atoms with Gasteiger partial charge in [0.1, 0.15) is 0 Å². The molecule has 1 aromatic carbocycles. The number of benzene rings is 1. The maximum absolute atomic E-state index is 3.68. The van der Waals surface area contributed by atoms with E-state index in [4.69, 9.17) is 0 Å². The highest BCUT2D eigenvalue weighted by atomic mass is 15.0. The average Bonchev–Trinajstić information content (AvgIpc) is 2.67. The first-order valence-electron chi connectivity index (χ1n) is 5.62. The molecule has 1 saturated heterocycles. The van der Waals surface area contributed by atoms with E-state index in [2.05, 4.69) is 43.4 Å². The lowest BCUT2D eigenvalue weighted by atomic mass is 10.0. The van der Waals surface area contributed by atoms with E-state index in [9.17, 15) is 0 Å². The third-order valence-electron chi connectivity index (χ3n) is 3.21. The third-order valence-corrected chi connectivity index (χ3v) is 3.21. The van der Waals surface area contributed by atoms with E-state index in [1.54, 1.807) is 0 Å². The van der Waals surface area contributed by atoms with Crippen LogP contribution in [-0.2, 0) is 0 Å². The summed E-state index contributed by atoms with van der Waals surface area (Å²) in [5.41, 5.74) is 2.80. The van der Waals surface area contributed by atoms with E-state index in [1.165, 1.54) is 30.4 Å². The molecule has 0 spiro atoms. The molecule has 76 valence electrons. The fraction of sp³-hybridized carbons (Fsp3) is 0.538. The average molecular weight is 189 g/mol. The van der Waals surface area contributed by atoms with Gasteiger partial charge in [0.2, 0.25) is 0 Å². The van der Waals surface area contributed by atoms with Crippen LogP contribution < -0.4 is 5.32 Å². The highest BCUT2D eigenvalue weighted by Crippen LogP contribution is 2.27. The van der Waals surface area contributed by atoms with Crippen molar-refractivity contribution in [2.45, 2.75) is 45.2 Å². The van der Waals surface area contributed by atoms with E-state index in [1.807, 2.05) is 0 Å². The largest absolute Gasteiger partial charge is 0.307 e. The molecule has 0 bridgehead atoms. The topological polar surface area (TPSA) is 12.0 Å². The van der Waals surface area contributed by atoms with Crippen LogP contribution >= 0.6 is 0 Å². The van der Waals surface area contributed by atoms with Crippen LogP contribution in [0.5, 0.6) is 0 Å². The van der Waals surface area contributed by atoms with Gasteiger partial charge in [-0.1, -0.05) is 36.8 Å². The van der Waals surface area contributed by atoms with Crippen LogP contribution in [0.25, 0.3) is 0 Å². The number of hydrogen-bond donors (Lipinski definition) is 1. The maximum Gasteiger partial charge on any atom is 0.0323 e. The van der Waals surface area contributed by atoms with Crippen LogP contribution in [0, 0.1) is 6.92 Å². The molecule has 0 aliphatic carbocycles. The van der Waals surface area contributed by atoms with Gasteiger partial charge in [-0.3, -0.25) is 0 Å². The third kappa shape index (κ3) is 1.98. The van der Waals surface area contributed by atoms with Crippen molar-refractivity contribution in [3.63, 3.8) is 0 Å². The minimum absolute atomic E-state index is 0.598. The lowest BCUT2D eigenvalue weighted by Crippen LogP contribution is -2.23. The summed E-state index contributed by atoms with van der Waals surface area (Å²) in [6.07, 6.45) is 3.87. The summed E-state index contributed by atoms with van der Waals surface area (Å²) in [5, 5.41) is 3.68. The molecule has 0 amide bonds. The monoisotopic (exact) mass is 189 g/mol. The molecular weight excluding hydrogens is 170 g/mol. The Morgan fingerprint density at radius 1 is 1.21 bits per heavy atom. The summed E-state index contributed by atoms with van der Waals surface area (Å²) in [6.45, 7) is 4.40. The van der Waals surface area contributed by atoms with E-state index >= 15 is 0 Å². The summed E-state index contributed by atoms with van der Waals surface area (Å²) >= 11 is 0. The van der Waals surface area contributed by atoms with Crippen molar-refractivity contribution < 1.29 is 0 Å². The smallest absolute Gasteiger partial charge is 0.0323 e. The Hall–Kier alpha value is -0.820. The molecule has 0 saturated carbocycles. The molecule has 1 aliphatic rings. The van der Waals surface area contributed by atoms with Crippen molar-refractivity contribution in [1.82, 2.24) is 5.32 Å². The van der Waals surface area contributed by atoms with Gasteiger partial charge in [0.15, 0.2) is 0 Å². The van der Waals surface area contributed by atoms with Crippen molar-refractivity contribution in [3.8, 4) is 0 Å². The quantitative estimate of drug-likeness (QED) is 0.753. The van der Waals surface area contributed by atoms with Crippen molar-refractivity contribution in [3.05, 3.63) is 35.4 Å². The summed E-state index contributed by atoms with van der Waals surface area (Å²) in [5.74, 6) is 0. The summed E-state index contributed by atoms with van der Waals surface area (Å²) in [6, 6.07) is 10.3. The Labute approximate surface area is 86.5 Å². The lowest BCUT2D eigenvalue weighted by Gasteiger charge is -2.13. The Morgan fingerprint density at radius 2 is 1.93 bits per heavy atom. The predicted molar refractivity (Wildman–Crippen MR) is 60.4 cm³/mol. The zero-order valence-corrected chi connectivity index (χ0v) is 9.09. The molecule has 2 rings (SSSR count).